The average Bonchev–Trinajstić information content (AvgIpc) is 2.47. The molecule has 0 radical (unpaired) electrons. The molecule has 2 heterocycles. The number of alkyl halides is 3. The van der Waals surface area contributed by atoms with Gasteiger partial charge in [-0.3, -0.25) is 14.3 Å². The van der Waals surface area contributed by atoms with Crippen LogP contribution in [0.25, 0.3) is 0 Å². The first-order valence-electron chi connectivity index (χ1n) is 5.48. The Kier molecular flexibility index (Phi) is 3.08. The largest absolute Gasteiger partial charge is 0.393 e. The number of ether oxygens (including phenoxy) is 1. The molecule has 1 aliphatic heterocycles. The average molecular weight is 296 g/mol. The highest BCUT2D eigenvalue weighted by atomic mass is 19.3. The van der Waals surface area contributed by atoms with Gasteiger partial charge in [0.05, 0.1) is 6.61 Å². The molecule has 0 amide bonds. The molecular weight excluding hydrogens is 285 g/mol. The molecule has 1 aliphatic rings. The highest BCUT2D eigenvalue weighted by Gasteiger charge is 2.77. The van der Waals surface area contributed by atoms with Crippen molar-refractivity contribution in [3.63, 3.8) is 0 Å². The summed E-state index contributed by atoms with van der Waals surface area (Å²) in [5.74, 6) is -8.72. The minimum Gasteiger partial charge on any atom is -0.393 e. The molecule has 3 N–H and O–H groups in total. The smallest absolute Gasteiger partial charge is 0.354 e. The van der Waals surface area contributed by atoms with E-state index in [2.05, 4.69) is 4.74 Å². The Morgan fingerprint density at radius 2 is 2.05 bits per heavy atom. The Hall–Kier alpha value is -1.65. The van der Waals surface area contributed by atoms with Crippen LogP contribution in [0.5, 0.6) is 0 Å². The zero-order valence-electron chi connectivity index (χ0n) is 10.1. The van der Waals surface area contributed by atoms with Crippen LogP contribution < -0.4 is 11.2 Å². The van der Waals surface area contributed by atoms with Crippen LogP contribution in [0.15, 0.2) is 21.9 Å². The Morgan fingerprint density at radius 1 is 1.45 bits per heavy atom. The van der Waals surface area contributed by atoms with Gasteiger partial charge in [0.15, 0.2) is 0 Å². The van der Waals surface area contributed by atoms with Crippen LogP contribution in [0.3, 0.4) is 0 Å². The standard InChI is InChI=1S/C10H11F3N2O5/c1-8(15-3-2-6(17)14-7(15)18)10(12,13)9(11,19)5(4-16)20-8/h2-3,5,16,19H,4H2,1H3,(H,14,17,18)/t5-,8-,9-/m1/s1. The van der Waals surface area contributed by atoms with Gasteiger partial charge in [-0.1, -0.05) is 0 Å². The van der Waals surface area contributed by atoms with Crippen molar-refractivity contribution >= 4 is 0 Å². The Balaban J connectivity index is 2.66. The second-order valence-electron chi connectivity index (χ2n) is 4.50. The lowest BCUT2D eigenvalue weighted by molar-refractivity contribution is -0.272. The fraction of sp³-hybridized carbons (Fsp3) is 0.600. The van der Waals surface area contributed by atoms with E-state index in [0.29, 0.717) is 13.1 Å². The van der Waals surface area contributed by atoms with E-state index in [4.69, 9.17) is 5.11 Å². The molecule has 7 nitrogen and oxygen atoms in total. The van der Waals surface area contributed by atoms with Gasteiger partial charge in [0.25, 0.3) is 5.56 Å². The molecule has 0 spiro atoms. The van der Waals surface area contributed by atoms with Crippen molar-refractivity contribution in [3.8, 4) is 0 Å². The fourth-order valence-corrected chi connectivity index (χ4v) is 2.08. The van der Waals surface area contributed by atoms with Crippen LogP contribution in [-0.2, 0) is 10.5 Å². The van der Waals surface area contributed by atoms with Crippen molar-refractivity contribution in [1.29, 1.82) is 0 Å². The Labute approximate surface area is 109 Å². The third kappa shape index (κ3) is 1.65. The molecule has 2 rings (SSSR count). The summed E-state index contributed by atoms with van der Waals surface area (Å²) in [6.07, 6.45) is -1.56. The monoisotopic (exact) mass is 296 g/mol. The van der Waals surface area contributed by atoms with E-state index in [1.54, 1.807) is 4.98 Å². The Morgan fingerprint density at radius 3 is 2.50 bits per heavy atom. The van der Waals surface area contributed by atoms with Gasteiger partial charge >= 0.3 is 17.5 Å². The molecule has 1 aromatic heterocycles. The van der Waals surface area contributed by atoms with E-state index >= 15 is 0 Å². The van der Waals surface area contributed by atoms with Crippen LogP contribution in [0.1, 0.15) is 6.92 Å². The van der Waals surface area contributed by atoms with Gasteiger partial charge in [0.2, 0.25) is 5.72 Å². The number of aliphatic hydroxyl groups is 2. The van der Waals surface area contributed by atoms with Crippen molar-refractivity contribution in [1.82, 2.24) is 9.55 Å². The number of nitrogens with zero attached hydrogens (tertiary/aromatic N) is 1. The minimum atomic E-state index is -4.55. The molecule has 0 aromatic carbocycles. The number of aromatic nitrogens is 2. The zero-order valence-corrected chi connectivity index (χ0v) is 10.1. The molecule has 1 aromatic rings. The van der Waals surface area contributed by atoms with Crippen LogP contribution >= 0.6 is 0 Å². The van der Waals surface area contributed by atoms with Crippen molar-refractivity contribution in [2.75, 3.05) is 6.61 Å². The lowest BCUT2D eigenvalue weighted by atomic mass is 10.0. The normalized spacial score (nSPS) is 36.2. The first-order valence-corrected chi connectivity index (χ1v) is 5.48. The van der Waals surface area contributed by atoms with E-state index in [-0.39, 0.29) is 4.57 Å². The molecule has 0 unspecified atom stereocenters. The van der Waals surface area contributed by atoms with Gasteiger partial charge in [0, 0.05) is 12.3 Å². The third-order valence-corrected chi connectivity index (χ3v) is 3.27. The van der Waals surface area contributed by atoms with E-state index in [9.17, 15) is 27.9 Å². The van der Waals surface area contributed by atoms with E-state index in [1.165, 1.54) is 0 Å². The number of H-pyrrole nitrogens is 1. The van der Waals surface area contributed by atoms with Crippen LogP contribution in [0.2, 0.25) is 0 Å². The van der Waals surface area contributed by atoms with Crippen LogP contribution in [0.4, 0.5) is 13.2 Å². The minimum absolute atomic E-state index is 0.245. The van der Waals surface area contributed by atoms with Crippen molar-refractivity contribution in [2.24, 2.45) is 0 Å². The quantitative estimate of drug-likeness (QED) is 0.642. The van der Waals surface area contributed by atoms with Gasteiger partial charge in [0.1, 0.15) is 6.10 Å². The number of aromatic amines is 1. The summed E-state index contributed by atoms with van der Waals surface area (Å²) in [5.41, 5.74) is -5.02. The van der Waals surface area contributed by atoms with E-state index in [1.807, 2.05) is 0 Å². The number of rotatable bonds is 2. The van der Waals surface area contributed by atoms with Gasteiger partial charge in [-0.25, -0.2) is 9.18 Å². The molecule has 112 valence electrons. The molecule has 1 saturated heterocycles. The lowest BCUT2D eigenvalue weighted by Crippen LogP contribution is -2.58. The second-order valence-corrected chi connectivity index (χ2v) is 4.50. The predicted molar refractivity (Wildman–Crippen MR) is 57.9 cm³/mol. The lowest BCUT2D eigenvalue weighted by Gasteiger charge is -2.32. The topological polar surface area (TPSA) is 105 Å². The first-order chi connectivity index (χ1) is 9.08. The van der Waals surface area contributed by atoms with Crippen molar-refractivity contribution < 1.29 is 28.1 Å². The summed E-state index contributed by atoms with van der Waals surface area (Å²) < 4.78 is 46.8. The number of nitrogens with one attached hydrogen (secondary N) is 1. The molecule has 1 fully saturated rings. The maximum atomic E-state index is 14.1. The molecule has 3 atom stereocenters. The summed E-state index contributed by atoms with van der Waals surface area (Å²) in [5, 5.41) is 18.1. The second kappa shape index (κ2) is 4.17. The van der Waals surface area contributed by atoms with Crippen LogP contribution in [-0.4, -0.2) is 44.3 Å². The molecular formula is C10H11F3N2O5. The maximum Gasteiger partial charge on any atom is 0.354 e. The molecule has 0 bridgehead atoms. The van der Waals surface area contributed by atoms with E-state index < -0.39 is 41.5 Å². The van der Waals surface area contributed by atoms with Gasteiger partial charge < -0.3 is 14.9 Å². The number of hydrogen-bond donors (Lipinski definition) is 3. The highest BCUT2D eigenvalue weighted by molar-refractivity contribution is 5.08. The van der Waals surface area contributed by atoms with Crippen LogP contribution in [0, 0.1) is 0 Å². The fourth-order valence-electron chi connectivity index (χ4n) is 2.08. The maximum absolute atomic E-state index is 14.1. The number of aliphatic hydroxyl groups excluding tert-OH is 1. The van der Waals surface area contributed by atoms with Gasteiger partial charge in [-0.15, -0.1) is 0 Å². The summed E-state index contributed by atoms with van der Waals surface area (Å²) in [6, 6.07) is 0.760. The molecule has 0 aliphatic carbocycles. The molecule has 10 heteroatoms. The third-order valence-electron chi connectivity index (χ3n) is 3.27. The summed E-state index contributed by atoms with van der Waals surface area (Å²) in [6.45, 7) is -0.566. The summed E-state index contributed by atoms with van der Waals surface area (Å²) in [4.78, 5) is 24.2. The summed E-state index contributed by atoms with van der Waals surface area (Å²) in [7, 11) is 0. The van der Waals surface area contributed by atoms with Crippen molar-refractivity contribution in [3.05, 3.63) is 33.1 Å². The number of halogens is 3. The summed E-state index contributed by atoms with van der Waals surface area (Å²) >= 11 is 0. The van der Waals surface area contributed by atoms with E-state index in [0.717, 1.165) is 6.07 Å². The molecule has 20 heavy (non-hydrogen) atoms. The van der Waals surface area contributed by atoms with Gasteiger partial charge in [-0.05, 0) is 6.92 Å². The first kappa shape index (κ1) is 14.8. The Bertz CT molecular complexity index is 640. The SMILES string of the molecule is C[C@@]1(n2ccc(=O)[nH]c2=O)O[C@H](CO)[C@](O)(F)C1(F)F. The van der Waals surface area contributed by atoms with Crippen molar-refractivity contribution in [2.45, 2.75) is 30.5 Å². The molecule has 0 saturated carbocycles. The number of hydrogen-bond acceptors (Lipinski definition) is 5. The zero-order chi connectivity index (χ0) is 15.3. The highest BCUT2D eigenvalue weighted by Crippen LogP contribution is 2.53. The predicted octanol–water partition coefficient (Wildman–Crippen LogP) is -1.11. The van der Waals surface area contributed by atoms with Gasteiger partial charge in [-0.2, -0.15) is 8.78 Å².